The second-order valence-electron chi connectivity index (χ2n) is 18.5. The van der Waals surface area contributed by atoms with E-state index in [4.69, 9.17) is 0 Å². The van der Waals surface area contributed by atoms with E-state index in [-0.39, 0.29) is 81.3 Å². The van der Waals surface area contributed by atoms with Crippen molar-refractivity contribution in [2.45, 2.75) is 116 Å². The lowest BCUT2D eigenvalue weighted by Crippen LogP contribution is -2.56. The summed E-state index contributed by atoms with van der Waals surface area (Å²) in [6.07, 6.45) is 11.8. The summed E-state index contributed by atoms with van der Waals surface area (Å²) in [5.74, 6) is -1.68. The lowest BCUT2D eigenvalue weighted by Gasteiger charge is -2.62. The molecule has 16 nitrogen and oxygen atoms in total. The highest BCUT2D eigenvalue weighted by molar-refractivity contribution is 5.82. The summed E-state index contributed by atoms with van der Waals surface area (Å²) in [4.78, 5) is 101. The first kappa shape index (κ1) is 47.9. The van der Waals surface area contributed by atoms with E-state index in [2.05, 4.69) is 20.8 Å². The predicted octanol–water partition coefficient (Wildman–Crippen LogP) is 3.25. The number of amides is 1. The normalized spacial score (nSPS) is 29.8. The van der Waals surface area contributed by atoms with E-state index in [0.717, 1.165) is 38.5 Å². The Morgan fingerprint density at radius 3 is 1.83 bits per heavy atom. The van der Waals surface area contributed by atoms with Crippen molar-refractivity contribution in [3.8, 4) is 0 Å². The van der Waals surface area contributed by atoms with Crippen molar-refractivity contribution in [1.29, 1.82) is 0 Å². The van der Waals surface area contributed by atoms with E-state index in [1.165, 1.54) is 16.2 Å². The summed E-state index contributed by atoms with van der Waals surface area (Å²) in [5, 5.41) is 38.0. The van der Waals surface area contributed by atoms with Crippen LogP contribution in [0.1, 0.15) is 104 Å². The number of carboxylic acids is 4. The van der Waals surface area contributed by atoms with Gasteiger partial charge in [0.05, 0.1) is 32.2 Å². The van der Waals surface area contributed by atoms with Gasteiger partial charge in [0, 0.05) is 45.1 Å². The maximum absolute atomic E-state index is 14.0. The van der Waals surface area contributed by atoms with Gasteiger partial charge in [-0.05, 0) is 117 Å². The molecule has 59 heavy (non-hydrogen) atoms. The van der Waals surface area contributed by atoms with Gasteiger partial charge in [0.15, 0.2) is 0 Å². The van der Waals surface area contributed by atoms with Crippen LogP contribution in [-0.4, -0.2) is 160 Å². The molecule has 0 spiro atoms. The van der Waals surface area contributed by atoms with E-state index < -0.39 is 49.6 Å². The van der Waals surface area contributed by atoms with Crippen molar-refractivity contribution in [3.05, 3.63) is 0 Å². The molecule has 0 heterocycles. The van der Waals surface area contributed by atoms with Gasteiger partial charge < -0.3 is 39.7 Å². The van der Waals surface area contributed by atoms with Crippen LogP contribution in [-0.2, 0) is 38.4 Å². The van der Waals surface area contributed by atoms with E-state index in [0.29, 0.717) is 73.6 Å². The number of carboxylic acid groups (broad SMARTS) is 4. The monoisotopic (exact) mass is 832 g/mol. The fraction of sp³-hybridized carbons (Fsp3) is 0.814. The van der Waals surface area contributed by atoms with Crippen molar-refractivity contribution < 1.29 is 58.8 Å². The number of aldehydes is 3. The number of carbonyl (C=O) groups is 8. The number of nitrogens with zero attached hydrogens (tertiary/aromatic N) is 4. The Labute approximate surface area is 348 Å². The average molecular weight is 833 g/mol. The highest BCUT2D eigenvalue weighted by Gasteiger charge is 2.61. The summed E-state index contributed by atoms with van der Waals surface area (Å²) >= 11 is 0. The molecule has 0 bridgehead atoms. The van der Waals surface area contributed by atoms with E-state index >= 15 is 0 Å². The Bertz CT molecular complexity index is 1490. The SMILES string of the molecule is CC(CCC(=O)O)[C@H]1CCC2C3CC[C@@H]4C[C@@H](N(CC(=O)O)C(=O)CC[C@@H](C=O)N(CCN(CC=O)CC=O)CCN(CC(=O)O)CC(=O)O)CC[C@]4(C)C3CC[C@@]21C. The Morgan fingerprint density at radius 1 is 0.661 bits per heavy atom. The Morgan fingerprint density at radius 2 is 1.25 bits per heavy atom. The Hall–Kier alpha value is -3.76. The van der Waals surface area contributed by atoms with Crippen LogP contribution in [0.4, 0.5) is 0 Å². The summed E-state index contributed by atoms with van der Waals surface area (Å²) < 4.78 is 0. The minimum absolute atomic E-state index is 0.0278. The van der Waals surface area contributed by atoms with Crippen molar-refractivity contribution >= 4 is 48.6 Å². The highest BCUT2D eigenvalue weighted by atomic mass is 16.4. The fourth-order valence-electron chi connectivity index (χ4n) is 12.4. The van der Waals surface area contributed by atoms with E-state index in [9.17, 15) is 58.8 Å². The molecule has 4 fully saturated rings. The molecule has 4 unspecified atom stereocenters. The molecule has 0 saturated heterocycles. The lowest BCUT2D eigenvalue weighted by molar-refractivity contribution is -0.152. The summed E-state index contributed by atoms with van der Waals surface area (Å²) in [7, 11) is 0. The van der Waals surface area contributed by atoms with Gasteiger partial charge >= 0.3 is 23.9 Å². The van der Waals surface area contributed by atoms with Gasteiger partial charge in [0.25, 0.3) is 0 Å². The molecule has 1 amide bonds. The van der Waals surface area contributed by atoms with Crippen LogP contribution < -0.4 is 0 Å². The molecular weight excluding hydrogens is 764 g/mol. The van der Waals surface area contributed by atoms with Gasteiger partial charge in [-0.15, -0.1) is 0 Å². The van der Waals surface area contributed by atoms with Crippen molar-refractivity contribution in [1.82, 2.24) is 19.6 Å². The summed E-state index contributed by atoms with van der Waals surface area (Å²) in [5.41, 5.74) is 0.283. The average Bonchev–Trinajstić information content (AvgIpc) is 3.53. The third-order valence-electron chi connectivity index (χ3n) is 15.3. The minimum Gasteiger partial charge on any atom is -0.481 e. The zero-order valence-corrected chi connectivity index (χ0v) is 35.3. The first-order chi connectivity index (χ1) is 28.0. The summed E-state index contributed by atoms with van der Waals surface area (Å²) in [6, 6.07) is -1.13. The van der Waals surface area contributed by atoms with Crippen molar-refractivity contribution in [2.24, 2.45) is 46.3 Å². The van der Waals surface area contributed by atoms with Gasteiger partial charge in [0.1, 0.15) is 25.4 Å². The maximum Gasteiger partial charge on any atom is 0.323 e. The smallest absolute Gasteiger partial charge is 0.323 e. The molecule has 4 aliphatic rings. The first-order valence-electron chi connectivity index (χ1n) is 21.6. The molecule has 0 aliphatic heterocycles. The molecule has 4 aliphatic carbocycles. The highest BCUT2D eigenvalue weighted by Crippen LogP contribution is 2.68. The number of hydrogen-bond acceptors (Lipinski definition) is 11. The molecule has 0 aromatic heterocycles. The predicted molar refractivity (Wildman–Crippen MR) is 215 cm³/mol. The fourth-order valence-corrected chi connectivity index (χ4v) is 12.4. The topological polar surface area (TPSA) is 230 Å². The molecule has 0 radical (unpaired) electrons. The molecular formula is C43H68N4O12. The largest absolute Gasteiger partial charge is 0.481 e. The van der Waals surface area contributed by atoms with Crippen LogP contribution in [0.5, 0.6) is 0 Å². The minimum atomic E-state index is -1.22. The molecule has 332 valence electrons. The van der Waals surface area contributed by atoms with Gasteiger partial charge in [0.2, 0.25) is 5.91 Å². The number of rotatable bonds is 26. The van der Waals surface area contributed by atoms with Crippen LogP contribution >= 0.6 is 0 Å². The van der Waals surface area contributed by atoms with Crippen LogP contribution in [0.25, 0.3) is 0 Å². The first-order valence-corrected chi connectivity index (χ1v) is 21.6. The van der Waals surface area contributed by atoms with Gasteiger partial charge in [-0.1, -0.05) is 20.8 Å². The van der Waals surface area contributed by atoms with Gasteiger partial charge in [-0.2, -0.15) is 0 Å². The van der Waals surface area contributed by atoms with E-state index in [1.54, 1.807) is 9.80 Å². The zero-order chi connectivity index (χ0) is 43.5. The number of hydrogen-bond donors (Lipinski definition) is 4. The molecule has 10 atom stereocenters. The van der Waals surface area contributed by atoms with Crippen molar-refractivity contribution in [3.63, 3.8) is 0 Å². The van der Waals surface area contributed by atoms with E-state index in [1.807, 2.05) is 0 Å². The second-order valence-corrected chi connectivity index (χ2v) is 18.5. The second kappa shape index (κ2) is 21.7. The van der Waals surface area contributed by atoms with Gasteiger partial charge in [-0.3, -0.25) is 38.7 Å². The lowest BCUT2D eigenvalue weighted by atomic mass is 9.44. The van der Waals surface area contributed by atoms with Gasteiger partial charge in [-0.25, -0.2) is 0 Å². The number of fused-ring (bicyclic) bond motifs is 5. The maximum atomic E-state index is 14.0. The van der Waals surface area contributed by atoms with Crippen molar-refractivity contribution in [2.75, 3.05) is 58.9 Å². The Balaban J connectivity index is 1.44. The molecule has 4 N–H and O–H groups in total. The third kappa shape index (κ3) is 12.2. The summed E-state index contributed by atoms with van der Waals surface area (Å²) in [6.45, 7) is 5.86. The number of carbonyl (C=O) groups excluding carboxylic acids is 4. The zero-order valence-electron chi connectivity index (χ0n) is 35.3. The quantitative estimate of drug-likeness (QED) is 0.0917. The van der Waals surface area contributed by atoms with Crippen LogP contribution in [0.3, 0.4) is 0 Å². The third-order valence-corrected chi connectivity index (χ3v) is 15.3. The molecule has 0 aromatic carbocycles. The van der Waals surface area contributed by atoms with Crippen LogP contribution in [0.2, 0.25) is 0 Å². The Kier molecular flexibility index (Phi) is 17.6. The molecule has 4 rings (SSSR count). The molecule has 16 heteroatoms. The van der Waals surface area contributed by atoms with Crippen LogP contribution in [0, 0.1) is 46.3 Å². The number of aliphatic carboxylic acids is 4. The molecule has 0 aromatic rings. The standard InChI is InChI=1S/C43H68N4O12/c1-29(4-11-38(52)53)34-8-9-35-33-7-5-30-24-31(12-14-42(30,2)36(33)13-15-43(34,35)3)47(27-41(58)59)37(51)10-6-32(28-50)46(18-16-44(20-22-48)21-23-49)19-17-45(25-39(54)55)26-40(56)57/h22-23,28-36H,4-21,24-27H2,1-3H3,(H,52,53)(H,54,55)(H,56,57)(H,58,59)/t29?,30-,31+,32+,33?,34-,35?,36?,42+,43-/m1/s1. The van der Waals surface area contributed by atoms with Crippen LogP contribution in [0.15, 0.2) is 0 Å². The molecule has 4 saturated carbocycles.